The Kier molecular flexibility index (Phi) is 9.41. The number of rotatable bonds is 10. The van der Waals surface area contributed by atoms with Crippen molar-refractivity contribution in [1.29, 1.82) is 0 Å². The first-order valence-electron chi connectivity index (χ1n) is 11.9. The number of benzene rings is 1. The van der Waals surface area contributed by atoms with Crippen LogP contribution < -0.4 is 0 Å². The molecule has 3 atom stereocenters. The highest BCUT2D eigenvalue weighted by Gasteiger charge is 2.31. The maximum atomic E-state index is 13.0. The van der Waals surface area contributed by atoms with Gasteiger partial charge in [0.05, 0.1) is 12.6 Å². The van der Waals surface area contributed by atoms with Gasteiger partial charge in [-0.25, -0.2) is 0 Å². The standard InChI is InChI=1S/C26H39NO3/c1-21(20-30-25-17-9-10-19-29-25)12-5-3-8-15-24-16-11-18-27(26(24)28)22(2)23-13-6-4-7-14-23/h4,6-7,12-14,22,24-25H,3,5,8-11,15-20H2,1-2H3/b21-12+/t22-,24?,25?/m0/s1. The molecule has 2 saturated heterocycles. The molecule has 0 aromatic heterocycles. The summed E-state index contributed by atoms with van der Waals surface area (Å²) in [6, 6.07) is 10.6. The topological polar surface area (TPSA) is 38.8 Å². The Balaban J connectivity index is 1.35. The minimum Gasteiger partial charge on any atom is -0.353 e. The number of carbonyl (C=O) groups is 1. The molecule has 0 saturated carbocycles. The van der Waals surface area contributed by atoms with E-state index in [9.17, 15) is 4.79 Å². The average Bonchev–Trinajstić information content (AvgIpc) is 2.79. The van der Waals surface area contributed by atoms with Gasteiger partial charge in [-0.1, -0.05) is 48.4 Å². The zero-order chi connectivity index (χ0) is 21.2. The van der Waals surface area contributed by atoms with E-state index in [4.69, 9.17) is 9.47 Å². The molecule has 3 rings (SSSR count). The molecule has 0 spiro atoms. The van der Waals surface area contributed by atoms with Crippen LogP contribution >= 0.6 is 0 Å². The minimum atomic E-state index is -0.0133. The van der Waals surface area contributed by atoms with E-state index in [0.29, 0.717) is 12.5 Å². The van der Waals surface area contributed by atoms with Crippen molar-refractivity contribution in [2.24, 2.45) is 5.92 Å². The van der Waals surface area contributed by atoms with Crippen LogP contribution in [0.2, 0.25) is 0 Å². The highest BCUT2D eigenvalue weighted by atomic mass is 16.7. The second-order valence-electron chi connectivity index (χ2n) is 8.90. The number of hydrogen-bond donors (Lipinski definition) is 0. The van der Waals surface area contributed by atoms with Crippen molar-refractivity contribution in [3.8, 4) is 0 Å². The van der Waals surface area contributed by atoms with Crippen molar-refractivity contribution >= 4 is 5.91 Å². The lowest BCUT2D eigenvalue weighted by Gasteiger charge is -2.37. The van der Waals surface area contributed by atoms with E-state index in [0.717, 1.165) is 64.5 Å². The summed E-state index contributed by atoms with van der Waals surface area (Å²) in [6.07, 6.45) is 12.1. The molecule has 0 aliphatic carbocycles. The minimum absolute atomic E-state index is 0.0133. The number of nitrogens with zero attached hydrogens (tertiary/aromatic N) is 1. The highest BCUT2D eigenvalue weighted by molar-refractivity contribution is 5.80. The molecule has 1 amide bonds. The van der Waals surface area contributed by atoms with Crippen molar-refractivity contribution in [3.05, 3.63) is 47.5 Å². The van der Waals surface area contributed by atoms with Crippen LogP contribution in [0.5, 0.6) is 0 Å². The van der Waals surface area contributed by atoms with E-state index in [1.807, 2.05) is 6.07 Å². The number of carbonyl (C=O) groups excluding carboxylic acids is 1. The van der Waals surface area contributed by atoms with Crippen LogP contribution in [0.3, 0.4) is 0 Å². The summed E-state index contributed by atoms with van der Waals surface area (Å²) in [5.41, 5.74) is 2.51. The summed E-state index contributed by atoms with van der Waals surface area (Å²) >= 11 is 0. The highest BCUT2D eigenvalue weighted by Crippen LogP contribution is 2.30. The van der Waals surface area contributed by atoms with Crippen molar-refractivity contribution in [1.82, 2.24) is 4.90 Å². The smallest absolute Gasteiger partial charge is 0.226 e. The Morgan fingerprint density at radius 3 is 2.80 bits per heavy atom. The fourth-order valence-corrected chi connectivity index (χ4v) is 4.55. The van der Waals surface area contributed by atoms with Gasteiger partial charge < -0.3 is 14.4 Å². The molecule has 0 bridgehead atoms. The third-order valence-electron chi connectivity index (χ3n) is 6.47. The van der Waals surface area contributed by atoms with Gasteiger partial charge in [0.1, 0.15) is 0 Å². The van der Waals surface area contributed by atoms with E-state index < -0.39 is 0 Å². The van der Waals surface area contributed by atoms with Crippen molar-refractivity contribution in [3.63, 3.8) is 0 Å². The number of unbranched alkanes of at least 4 members (excludes halogenated alkanes) is 2. The second kappa shape index (κ2) is 12.3. The number of piperidine rings is 1. The number of ether oxygens (including phenoxy) is 2. The average molecular weight is 414 g/mol. The quantitative estimate of drug-likeness (QED) is 0.347. The van der Waals surface area contributed by atoms with Crippen LogP contribution in [-0.4, -0.2) is 36.9 Å². The van der Waals surface area contributed by atoms with Crippen molar-refractivity contribution in [2.45, 2.75) is 84.0 Å². The van der Waals surface area contributed by atoms with Gasteiger partial charge in [0.15, 0.2) is 6.29 Å². The first kappa shape index (κ1) is 23.0. The zero-order valence-corrected chi connectivity index (χ0v) is 18.9. The van der Waals surface area contributed by atoms with Crippen LogP contribution in [0.4, 0.5) is 0 Å². The van der Waals surface area contributed by atoms with Crippen LogP contribution in [-0.2, 0) is 14.3 Å². The molecule has 4 heteroatoms. The van der Waals surface area contributed by atoms with Crippen LogP contribution in [0.25, 0.3) is 0 Å². The Morgan fingerprint density at radius 1 is 1.20 bits per heavy atom. The molecule has 2 unspecified atom stereocenters. The molecule has 2 aliphatic heterocycles. The van der Waals surface area contributed by atoms with Crippen LogP contribution in [0.15, 0.2) is 42.0 Å². The van der Waals surface area contributed by atoms with E-state index in [-0.39, 0.29) is 18.2 Å². The SMILES string of the molecule is C/C(=C\CCCCC1CCCN([C@@H](C)c2ccccc2)C1=O)COC1CCCCO1. The molecule has 30 heavy (non-hydrogen) atoms. The fourth-order valence-electron chi connectivity index (χ4n) is 4.55. The Morgan fingerprint density at radius 2 is 2.03 bits per heavy atom. The third kappa shape index (κ3) is 6.95. The van der Waals surface area contributed by atoms with Gasteiger partial charge in [0.2, 0.25) is 5.91 Å². The van der Waals surface area contributed by atoms with Gasteiger partial charge in [-0.3, -0.25) is 4.79 Å². The Labute approximate surface area is 182 Å². The van der Waals surface area contributed by atoms with Gasteiger partial charge >= 0.3 is 0 Å². The molecular weight excluding hydrogens is 374 g/mol. The monoisotopic (exact) mass is 413 g/mol. The number of amides is 1. The summed E-state index contributed by atoms with van der Waals surface area (Å²) in [5.74, 6) is 0.548. The normalized spacial score (nSPS) is 24.1. The summed E-state index contributed by atoms with van der Waals surface area (Å²) in [4.78, 5) is 15.1. The molecular formula is C26H39NO3. The molecule has 2 aliphatic rings. The summed E-state index contributed by atoms with van der Waals surface area (Å²) in [7, 11) is 0. The van der Waals surface area contributed by atoms with E-state index in [2.05, 4.69) is 49.1 Å². The molecule has 0 radical (unpaired) electrons. The third-order valence-corrected chi connectivity index (χ3v) is 6.47. The van der Waals surface area contributed by atoms with E-state index in [1.54, 1.807) is 0 Å². The zero-order valence-electron chi connectivity index (χ0n) is 18.9. The molecule has 2 fully saturated rings. The number of likely N-dealkylation sites (tertiary alicyclic amines) is 1. The summed E-state index contributed by atoms with van der Waals surface area (Å²) in [6.45, 7) is 6.67. The molecule has 166 valence electrons. The van der Waals surface area contributed by atoms with Gasteiger partial charge in [-0.15, -0.1) is 0 Å². The maximum absolute atomic E-state index is 13.0. The number of hydrogen-bond acceptors (Lipinski definition) is 3. The lowest BCUT2D eigenvalue weighted by molar-refractivity contribution is -0.156. The predicted molar refractivity (Wildman–Crippen MR) is 121 cm³/mol. The largest absolute Gasteiger partial charge is 0.353 e. The van der Waals surface area contributed by atoms with Gasteiger partial charge in [-0.2, -0.15) is 0 Å². The molecule has 4 nitrogen and oxygen atoms in total. The summed E-state index contributed by atoms with van der Waals surface area (Å²) < 4.78 is 11.5. The van der Waals surface area contributed by atoms with Gasteiger partial charge in [0, 0.05) is 19.1 Å². The van der Waals surface area contributed by atoms with Crippen molar-refractivity contribution in [2.75, 3.05) is 19.8 Å². The molecule has 1 aromatic carbocycles. The Bertz CT molecular complexity index is 666. The van der Waals surface area contributed by atoms with E-state index in [1.165, 1.54) is 17.6 Å². The van der Waals surface area contributed by atoms with Crippen LogP contribution in [0, 0.1) is 5.92 Å². The predicted octanol–water partition coefficient (Wildman–Crippen LogP) is 6.04. The molecule has 2 heterocycles. The fraction of sp³-hybridized carbons (Fsp3) is 0.654. The van der Waals surface area contributed by atoms with E-state index >= 15 is 0 Å². The molecule has 0 N–H and O–H groups in total. The first-order valence-corrected chi connectivity index (χ1v) is 11.9. The first-order chi connectivity index (χ1) is 14.6. The lowest BCUT2D eigenvalue weighted by atomic mass is 9.90. The van der Waals surface area contributed by atoms with Gasteiger partial charge in [0.25, 0.3) is 0 Å². The lowest BCUT2D eigenvalue weighted by Crippen LogP contribution is -2.42. The van der Waals surface area contributed by atoms with Crippen molar-refractivity contribution < 1.29 is 14.3 Å². The van der Waals surface area contributed by atoms with Crippen LogP contribution in [0.1, 0.15) is 83.2 Å². The molecule has 1 aromatic rings. The second-order valence-corrected chi connectivity index (χ2v) is 8.90. The summed E-state index contributed by atoms with van der Waals surface area (Å²) in [5, 5.41) is 0. The maximum Gasteiger partial charge on any atom is 0.226 e. The van der Waals surface area contributed by atoms with Gasteiger partial charge in [-0.05, 0) is 70.8 Å². The number of allylic oxidation sites excluding steroid dienone is 1. The Hall–Kier alpha value is -1.65.